The molecule has 0 heterocycles. The van der Waals surface area contributed by atoms with Crippen LogP contribution in [0.15, 0.2) is 97.1 Å². The van der Waals surface area contributed by atoms with Crippen molar-refractivity contribution < 1.29 is 131 Å². The van der Waals surface area contributed by atoms with Crippen LogP contribution in [0.5, 0.6) is 0 Å². The Morgan fingerprint density at radius 3 is 0.667 bits per heavy atom. The summed E-state index contributed by atoms with van der Waals surface area (Å²) in [5.41, 5.74) is 5.11. The van der Waals surface area contributed by atoms with Crippen LogP contribution in [0.2, 0.25) is 0 Å². The minimum atomic E-state index is 0. The molecule has 0 atom stereocenters. The zero-order valence-corrected chi connectivity index (χ0v) is 28.1. The maximum absolute atomic E-state index is 3.14. The Labute approximate surface area is 281 Å². The molecule has 0 unspecified atom stereocenters. The first-order valence-electron chi connectivity index (χ1n) is 8.77. The van der Waals surface area contributed by atoms with E-state index in [1.165, 1.54) is 22.3 Å². The van der Waals surface area contributed by atoms with Gasteiger partial charge in [-0.3, -0.25) is 0 Å². The summed E-state index contributed by atoms with van der Waals surface area (Å²) in [4.78, 5) is 0. The average Bonchev–Trinajstić information content (AvgIpc) is 2.74. The monoisotopic (exact) mass is 686 g/mol. The molecule has 0 aromatic heterocycles. The summed E-state index contributed by atoms with van der Waals surface area (Å²) in [6, 6.07) is 45.8. The Kier molecular flexibility index (Phi) is 17.6. The third kappa shape index (κ3) is 8.26. The minimum Gasteiger partial charge on any atom is -0.184 e. The van der Waals surface area contributed by atoms with Crippen LogP contribution in [0.1, 0.15) is 34.1 Å². The van der Waals surface area contributed by atoms with E-state index in [-0.39, 0.29) is 143 Å². The molecule has 4 aromatic carbocycles. The maximum Gasteiger partial charge on any atom is 0 e. The quantitative estimate of drug-likeness (QED) is 0.232. The number of rotatable bonds is 5. The van der Waals surface area contributed by atoms with Crippen molar-refractivity contribution >= 4 is 0 Å². The van der Waals surface area contributed by atoms with E-state index in [0.717, 1.165) is 0 Å². The molecule has 0 saturated carbocycles. The molecule has 0 saturated heterocycles. The van der Waals surface area contributed by atoms with Crippen molar-refractivity contribution in [1.82, 2.24) is 0 Å². The van der Waals surface area contributed by atoms with Crippen molar-refractivity contribution in [3.8, 4) is 0 Å². The van der Waals surface area contributed by atoms with Crippen molar-refractivity contribution in [3.05, 3.63) is 144 Å². The van der Waals surface area contributed by atoms with Crippen LogP contribution in [0, 0.1) is 24.3 Å². The first kappa shape index (κ1) is 31.3. The maximum atomic E-state index is 3.14. The van der Waals surface area contributed by atoms with Crippen LogP contribution < -0.4 is 0 Å². The Morgan fingerprint density at radius 2 is 0.500 bits per heavy atom. The van der Waals surface area contributed by atoms with Gasteiger partial charge in [0.05, 0.1) is 0 Å². The molecule has 0 aliphatic rings. The van der Waals surface area contributed by atoms with Gasteiger partial charge < -0.3 is 0 Å². The van der Waals surface area contributed by atoms with E-state index in [4.69, 9.17) is 0 Å². The van der Waals surface area contributed by atoms with Crippen LogP contribution in [0.3, 0.4) is 0 Å². The zero-order valence-electron chi connectivity index (χ0n) is 16.7. The second kappa shape index (κ2) is 16.8. The third-order valence-corrected chi connectivity index (χ3v) is 4.75. The summed E-state index contributed by atoms with van der Waals surface area (Å²) < 4.78 is 0. The standard InChI is InChI=1S/C26H18.4Y/c1-5-13-21(14-6-1)25(22-15-7-2-8-16-22)26(23-17-9-3-10-18-23)24-19-11-4-12-20-24;;;;/h5-20,25-26H;;;;/q-4;;;;. The molecule has 4 heteroatoms. The molecule has 0 aliphatic carbocycles. The first-order valence-corrected chi connectivity index (χ1v) is 8.77. The fourth-order valence-electron chi connectivity index (χ4n) is 3.58. The van der Waals surface area contributed by atoms with E-state index in [2.05, 4.69) is 72.8 Å². The molecule has 4 rings (SSSR count). The van der Waals surface area contributed by atoms with Crippen LogP contribution in [-0.2, 0) is 131 Å². The van der Waals surface area contributed by atoms with E-state index < -0.39 is 0 Å². The number of hydrogen-bond acceptors (Lipinski definition) is 0. The van der Waals surface area contributed by atoms with E-state index in [1.54, 1.807) is 0 Å². The fraction of sp³-hybridized carbons (Fsp3) is 0.0769. The summed E-state index contributed by atoms with van der Waals surface area (Å²) in [7, 11) is 0. The van der Waals surface area contributed by atoms with Gasteiger partial charge in [0, 0.05) is 131 Å². The molecular formula is C26H18Y4-4. The molecule has 0 spiro atoms. The Bertz CT molecular complexity index is 770. The van der Waals surface area contributed by atoms with Crippen molar-refractivity contribution in [2.45, 2.75) is 11.8 Å². The van der Waals surface area contributed by atoms with E-state index in [9.17, 15) is 0 Å². The van der Waals surface area contributed by atoms with Gasteiger partial charge in [0.2, 0.25) is 0 Å². The molecule has 0 N–H and O–H groups in total. The fourth-order valence-corrected chi connectivity index (χ4v) is 3.58. The average molecular weight is 686 g/mol. The zero-order chi connectivity index (χ0) is 17.6. The van der Waals surface area contributed by atoms with Crippen molar-refractivity contribution in [3.63, 3.8) is 0 Å². The van der Waals surface area contributed by atoms with Gasteiger partial charge in [-0.1, -0.05) is 0 Å². The van der Waals surface area contributed by atoms with E-state index in [1.807, 2.05) is 48.5 Å². The second-order valence-corrected chi connectivity index (χ2v) is 6.29. The summed E-state index contributed by atoms with van der Waals surface area (Å²) >= 11 is 0. The predicted molar refractivity (Wildman–Crippen MR) is 105 cm³/mol. The summed E-state index contributed by atoms with van der Waals surface area (Å²) in [6.45, 7) is 0. The van der Waals surface area contributed by atoms with Crippen LogP contribution in [-0.4, -0.2) is 0 Å². The number of benzene rings is 4. The topological polar surface area (TPSA) is 0 Å². The molecule has 138 valence electrons. The van der Waals surface area contributed by atoms with Crippen LogP contribution in [0.4, 0.5) is 0 Å². The van der Waals surface area contributed by atoms with Crippen LogP contribution in [0.25, 0.3) is 0 Å². The Balaban J connectivity index is 0.00000210. The molecule has 0 amide bonds. The molecule has 0 aliphatic heterocycles. The van der Waals surface area contributed by atoms with E-state index in [0.29, 0.717) is 0 Å². The second-order valence-electron chi connectivity index (χ2n) is 6.29. The van der Waals surface area contributed by atoms with Gasteiger partial charge in [0.25, 0.3) is 0 Å². The van der Waals surface area contributed by atoms with Crippen molar-refractivity contribution in [2.75, 3.05) is 0 Å². The van der Waals surface area contributed by atoms with Gasteiger partial charge in [0.1, 0.15) is 0 Å². The SMILES string of the molecule is [Y].[Y].[Y].[Y].[c-]1ccc(C(c2cc[c-]cc2)C(c2cc[c-]cc2)c2cc[c-]cc2)cc1. The van der Waals surface area contributed by atoms with Gasteiger partial charge in [-0.2, -0.15) is 144 Å². The van der Waals surface area contributed by atoms with Gasteiger partial charge in [0.15, 0.2) is 0 Å². The Morgan fingerprint density at radius 1 is 0.333 bits per heavy atom. The van der Waals surface area contributed by atoms with Gasteiger partial charge in [-0.15, -0.1) is 0 Å². The Hall–Kier alpha value is 1.30. The summed E-state index contributed by atoms with van der Waals surface area (Å²) in [6.07, 6.45) is 0. The third-order valence-electron chi connectivity index (χ3n) is 4.75. The molecular weight excluding hydrogens is 668 g/mol. The summed E-state index contributed by atoms with van der Waals surface area (Å²) in [5, 5.41) is 0. The van der Waals surface area contributed by atoms with Gasteiger partial charge >= 0.3 is 0 Å². The molecule has 30 heavy (non-hydrogen) atoms. The van der Waals surface area contributed by atoms with Gasteiger partial charge in [-0.25, -0.2) is 0 Å². The van der Waals surface area contributed by atoms with Crippen molar-refractivity contribution in [2.24, 2.45) is 0 Å². The van der Waals surface area contributed by atoms with Crippen LogP contribution >= 0.6 is 0 Å². The molecule has 0 bridgehead atoms. The largest absolute Gasteiger partial charge is 0.184 e. The minimum absolute atomic E-state index is 0. The summed E-state index contributed by atoms with van der Waals surface area (Å²) in [5.74, 6) is 0.396. The molecule has 0 nitrogen and oxygen atoms in total. The normalized spacial score (nSPS) is 9.53. The smallest absolute Gasteiger partial charge is 0 e. The first-order chi connectivity index (χ1) is 12.9. The number of hydrogen-bond donors (Lipinski definition) is 0. The van der Waals surface area contributed by atoms with E-state index >= 15 is 0 Å². The molecule has 0 fully saturated rings. The molecule has 4 aromatic rings. The predicted octanol–water partition coefficient (Wildman–Crippen LogP) is 5.84. The van der Waals surface area contributed by atoms with Gasteiger partial charge in [-0.05, 0) is 11.8 Å². The molecule has 4 radical (unpaired) electrons. The van der Waals surface area contributed by atoms with Crippen molar-refractivity contribution in [1.29, 1.82) is 0 Å².